The molecule has 2 aliphatic rings. The van der Waals surface area contributed by atoms with Gasteiger partial charge in [-0.05, 0) is 0 Å². The first kappa shape index (κ1) is 49.5. The van der Waals surface area contributed by atoms with Crippen LogP contribution in [0.5, 0.6) is 11.5 Å². The zero-order valence-corrected chi connectivity index (χ0v) is 43.0. The van der Waals surface area contributed by atoms with E-state index in [1.165, 1.54) is 60.8 Å². The minimum atomic E-state index is -0.778. The number of benzene rings is 4. The van der Waals surface area contributed by atoms with Gasteiger partial charge in [0.1, 0.15) is 0 Å². The van der Waals surface area contributed by atoms with Crippen LogP contribution in [0.1, 0.15) is 166 Å². The zero-order chi connectivity index (χ0) is 43.8. The molecule has 0 bridgehead atoms. The van der Waals surface area contributed by atoms with Crippen molar-refractivity contribution >= 4 is 14.2 Å². The van der Waals surface area contributed by atoms with Gasteiger partial charge in [0.2, 0.25) is 0 Å². The molecule has 0 aromatic heterocycles. The third-order valence-electron chi connectivity index (χ3n) is 11.1. The maximum Gasteiger partial charge on any atom is -0.0866 e. The van der Waals surface area contributed by atoms with E-state index in [1.807, 2.05) is 60.7 Å². The Morgan fingerprint density at radius 2 is 0.831 bits per heavy atom. The van der Waals surface area contributed by atoms with Gasteiger partial charge in [0.15, 0.2) is 0 Å². The van der Waals surface area contributed by atoms with Crippen LogP contribution >= 0.6 is 14.2 Å². The van der Waals surface area contributed by atoms with E-state index in [0.29, 0.717) is 25.7 Å². The van der Waals surface area contributed by atoms with E-state index in [2.05, 4.69) is 121 Å². The normalized spacial score (nSPS) is 19.7. The predicted octanol–water partition coefficient (Wildman–Crippen LogP) is 15.9. The van der Waals surface area contributed by atoms with Crippen molar-refractivity contribution in [1.82, 2.24) is 0 Å². The summed E-state index contributed by atoms with van der Waals surface area (Å²) in [6.45, 7) is 35.0. The van der Waals surface area contributed by atoms with Crippen LogP contribution in [0.4, 0.5) is 0 Å². The van der Waals surface area contributed by atoms with Crippen LogP contribution in [0.3, 0.4) is 0 Å². The summed E-state index contributed by atoms with van der Waals surface area (Å²) >= 11 is -0.778. The fourth-order valence-electron chi connectivity index (χ4n) is 7.91. The molecule has 1 heterocycles. The average molecular weight is 915 g/mol. The number of hydrogen-bond donors (Lipinski definition) is 2. The third-order valence-corrected chi connectivity index (χ3v) is 32.9. The minimum Gasteiger partial charge on any atom is -0.199 e. The summed E-state index contributed by atoms with van der Waals surface area (Å²) in [5.41, 5.74) is 9.98. The van der Waals surface area contributed by atoms with Crippen molar-refractivity contribution in [2.45, 2.75) is 167 Å². The van der Waals surface area contributed by atoms with Crippen molar-refractivity contribution in [2.24, 2.45) is 10.8 Å². The molecule has 1 fully saturated rings. The summed E-state index contributed by atoms with van der Waals surface area (Å²) in [5, 5.41) is 25.1. The van der Waals surface area contributed by atoms with Crippen molar-refractivity contribution in [3.8, 4) is 11.5 Å². The Morgan fingerprint density at radius 3 is 1.10 bits per heavy atom. The van der Waals surface area contributed by atoms with E-state index in [9.17, 15) is 10.2 Å². The molecular weight excluding hydrogens is 836 g/mol. The topological polar surface area (TPSA) is 40.5 Å². The van der Waals surface area contributed by atoms with Crippen molar-refractivity contribution in [3.05, 3.63) is 143 Å². The summed E-state index contributed by atoms with van der Waals surface area (Å²) in [6.07, 6.45) is 10.0. The quantitative estimate of drug-likeness (QED) is 0.189. The van der Waals surface area contributed by atoms with Crippen LogP contribution in [0.2, 0.25) is 0 Å². The first-order valence-electron chi connectivity index (χ1n) is 22.0. The van der Waals surface area contributed by atoms with Crippen molar-refractivity contribution in [1.29, 1.82) is 0 Å². The fraction of sp³-hybridized carbons (Fsp3) is 0.519. The van der Waals surface area contributed by atoms with E-state index in [4.69, 9.17) is 0 Å². The second-order valence-corrected chi connectivity index (χ2v) is 37.1. The standard InChI is InChI=1S/C40H64O2S2.2C7H7.Zr/c1-37(2,3)23-27-19-31(39(7,8)9)21-29(35(27)41)25-43-33-17-15-13-14-16-18-34(33)44-26-30-22-32(40(10,11)12)20-28(36(30)42)24-38(4,5)6;2*1-7-5-3-2-4-6-7;/h19-22,33-34,41-42H,13-18,23-26H2,1-12H3;2*2-6H,1H2;/q;2*-1;/t33-,34?;;;/m0.../s1. The van der Waals surface area contributed by atoms with Gasteiger partial charge in [-0.2, -0.15) is 49.2 Å². The van der Waals surface area contributed by atoms with Crippen LogP contribution in [0.15, 0.2) is 84.9 Å². The van der Waals surface area contributed by atoms with Gasteiger partial charge in [-0.15, -0.1) is 24.3 Å². The second-order valence-electron chi connectivity index (χ2n) is 21.5. The zero-order valence-electron chi connectivity index (χ0n) is 38.9. The largest absolute Gasteiger partial charge is 0.199 e. The van der Waals surface area contributed by atoms with E-state index in [0.717, 1.165) is 57.1 Å². The Labute approximate surface area is 373 Å². The Balaban J connectivity index is 0.000000459. The predicted molar refractivity (Wildman–Crippen MR) is 260 cm³/mol. The summed E-state index contributed by atoms with van der Waals surface area (Å²) in [4.78, 5) is 0. The van der Waals surface area contributed by atoms with Crippen LogP contribution in [0.25, 0.3) is 0 Å². The number of fused-ring (bicyclic) bond motifs is 1. The van der Waals surface area contributed by atoms with Crippen LogP contribution in [0, 0.1) is 24.7 Å². The molecule has 0 spiro atoms. The Morgan fingerprint density at radius 1 is 0.508 bits per heavy atom. The van der Waals surface area contributed by atoms with E-state index in [1.54, 1.807) is 0 Å². The van der Waals surface area contributed by atoms with Gasteiger partial charge in [0, 0.05) is 0 Å². The Kier molecular flexibility index (Phi) is 17.8. The molecule has 1 saturated carbocycles. The Bertz CT molecular complexity index is 1890. The van der Waals surface area contributed by atoms with Crippen molar-refractivity contribution in [3.63, 3.8) is 0 Å². The molecule has 2 nitrogen and oxygen atoms in total. The molecule has 2 N–H and O–H groups in total. The molecule has 6 rings (SSSR count). The van der Waals surface area contributed by atoms with Crippen molar-refractivity contribution in [2.75, 3.05) is 0 Å². The molecule has 0 saturated heterocycles. The van der Waals surface area contributed by atoms with Crippen LogP contribution < -0.4 is 0 Å². The van der Waals surface area contributed by atoms with E-state index >= 15 is 0 Å². The van der Waals surface area contributed by atoms with Gasteiger partial charge < -0.3 is 0 Å². The Hall–Kier alpha value is -2.20. The number of hydrogen-bond acceptors (Lipinski definition) is 2. The van der Waals surface area contributed by atoms with Gasteiger partial charge >= 0.3 is 291 Å². The number of phenols is 2. The summed E-state index contributed by atoms with van der Waals surface area (Å²) in [6, 6.07) is 29.1. The second kappa shape index (κ2) is 21.3. The molecule has 59 heavy (non-hydrogen) atoms. The smallest absolute Gasteiger partial charge is 0.0866 e. The SMILES string of the molecule is CC(C)(C)Cc1cc(C(C)(C)C)cc(C[S]2=[Zr]=[S@@](Cc3cc(C(C)(C)C)cc(CC(C)(C)C)c3O)C3CCCCCC[C@@H]32)c1O.[CH2-]c1ccccc1.[CH2-]c1ccccc1. The fourth-order valence-corrected chi connectivity index (χ4v) is 36.8. The summed E-state index contributed by atoms with van der Waals surface area (Å²) in [7, 11) is 0.793. The molecule has 1 aliphatic carbocycles. The van der Waals surface area contributed by atoms with Crippen molar-refractivity contribution < 1.29 is 29.4 Å². The van der Waals surface area contributed by atoms with Crippen LogP contribution in [-0.2, 0) is 54.3 Å². The summed E-state index contributed by atoms with van der Waals surface area (Å²) in [5.74, 6) is 3.32. The van der Waals surface area contributed by atoms with Gasteiger partial charge in [-0.1, -0.05) is 12.1 Å². The molecule has 4 aromatic rings. The molecule has 2 unspecified atom stereocenters. The maximum absolute atomic E-state index is 11.8. The average Bonchev–Trinajstić information content (AvgIpc) is 3.40. The number of aromatic hydroxyl groups is 2. The van der Waals surface area contributed by atoms with Gasteiger partial charge in [-0.25, -0.2) is 0 Å². The monoisotopic (exact) mass is 912 g/mol. The van der Waals surface area contributed by atoms with Gasteiger partial charge in [0.05, 0.1) is 0 Å². The first-order valence-corrected chi connectivity index (χ1v) is 30.9. The molecular formula is C54H78O2S2Zr-2. The first-order chi connectivity index (χ1) is 27.4. The van der Waals surface area contributed by atoms with Gasteiger partial charge in [0.25, 0.3) is 0 Å². The molecule has 1 aliphatic heterocycles. The minimum absolute atomic E-state index is 0.0568. The molecule has 4 aromatic carbocycles. The number of rotatable bonds is 6. The van der Waals surface area contributed by atoms with E-state index in [-0.39, 0.29) is 21.7 Å². The van der Waals surface area contributed by atoms with Gasteiger partial charge in [-0.3, -0.25) is 0 Å². The third kappa shape index (κ3) is 15.9. The molecule has 0 radical (unpaired) electrons. The molecule has 324 valence electrons. The molecule has 5 heteroatoms. The van der Waals surface area contributed by atoms with E-state index < -0.39 is 19.2 Å². The van der Waals surface area contributed by atoms with Crippen LogP contribution in [-0.4, -0.2) is 20.7 Å². The summed E-state index contributed by atoms with van der Waals surface area (Å²) < 4.78 is 0. The molecule has 0 amide bonds. The number of phenolic OH excluding ortho intramolecular Hbond substituents is 2. The molecule has 4 atom stereocenters. The maximum atomic E-state index is 11.8.